The highest BCUT2D eigenvalue weighted by atomic mass is 16.1. The zero-order chi connectivity index (χ0) is 18.1. The maximum Gasteiger partial charge on any atom is 0.220 e. The number of likely N-dealkylation sites (N-methyl/N-ethyl adjacent to an activating group) is 1. The molecule has 0 spiro atoms. The standard InChI is InChI=1S/C21H35N3O/c1-4-23-12-14-24(15-13-23)19(3)17-22-21(25)16-18(2)10-11-20-8-6-5-7-9-20/h5-9,18-19H,4,10-17H2,1-3H3,(H,22,25)/t18-,19+/m1/s1. The molecule has 0 aliphatic carbocycles. The molecule has 1 amide bonds. The van der Waals surface area contributed by atoms with Gasteiger partial charge >= 0.3 is 0 Å². The first kappa shape index (κ1) is 19.9. The Labute approximate surface area is 153 Å². The summed E-state index contributed by atoms with van der Waals surface area (Å²) >= 11 is 0. The number of rotatable bonds is 9. The fourth-order valence-electron chi connectivity index (χ4n) is 3.46. The Kier molecular flexibility index (Phi) is 8.42. The number of piperazine rings is 1. The van der Waals surface area contributed by atoms with Gasteiger partial charge in [0.25, 0.3) is 0 Å². The third-order valence-corrected chi connectivity index (χ3v) is 5.37. The molecule has 0 unspecified atom stereocenters. The van der Waals surface area contributed by atoms with E-state index in [1.54, 1.807) is 0 Å². The van der Waals surface area contributed by atoms with Crippen LogP contribution in [0.1, 0.15) is 39.2 Å². The lowest BCUT2D eigenvalue weighted by molar-refractivity contribution is -0.122. The van der Waals surface area contributed by atoms with Crippen molar-refractivity contribution in [2.24, 2.45) is 5.92 Å². The predicted molar refractivity (Wildman–Crippen MR) is 105 cm³/mol. The molecule has 4 nitrogen and oxygen atoms in total. The predicted octanol–water partition coefficient (Wildman–Crippen LogP) is 2.79. The van der Waals surface area contributed by atoms with Crippen molar-refractivity contribution in [2.45, 2.75) is 46.1 Å². The highest BCUT2D eigenvalue weighted by Crippen LogP contribution is 2.13. The van der Waals surface area contributed by atoms with Crippen LogP contribution in [0.3, 0.4) is 0 Å². The Morgan fingerprint density at radius 1 is 1.12 bits per heavy atom. The van der Waals surface area contributed by atoms with Gasteiger partial charge in [0.15, 0.2) is 0 Å². The molecule has 1 aromatic rings. The van der Waals surface area contributed by atoms with Gasteiger partial charge in [-0.05, 0) is 37.8 Å². The Hall–Kier alpha value is -1.39. The normalized spacial score (nSPS) is 18.7. The summed E-state index contributed by atoms with van der Waals surface area (Å²) in [6.07, 6.45) is 2.74. The maximum atomic E-state index is 12.2. The Balaban J connectivity index is 1.61. The summed E-state index contributed by atoms with van der Waals surface area (Å²) in [6, 6.07) is 10.9. The lowest BCUT2D eigenvalue weighted by Crippen LogP contribution is -2.52. The minimum Gasteiger partial charge on any atom is -0.355 e. The number of aryl methyl sites for hydroxylation is 1. The number of carbonyl (C=O) groups is 1. The van der Waals surface area contributed by atoms with Gasteiger partial charge in [0.1, 0.15) is 0 Å². The Bertz CT molecular complexity index is 497. The highest BCUT2D eigenvalue weighted by molar-refractivity contribution is 5.76. The summed E-state index contributed by atoms with van der Waals surface area (Å²) in [4.78, 5) is 17.2. The van der Waals surface area contributed by atoms with Gasteiger partial charge in [-0.2, -0.15) is 0 Å². The minimum atomic E-state index is 0.194. The van der Waals surface area contributed by atoms with E-state index in [1.165, 1.54) is 5.56 Å². The van der Waals surface area contributed by atoms with E-state index in [0.717, 1.165) is 52.1 Å². The molecule has 1 aromatic carbocycles. The molecule has 1 heterocycles. The number of amides is 1. The van der Waals surface area contributed by atoms with E-state index >= 15 is 0 Å². The average molecular weight is 346 g/mol. The second-order valence-electron chi connectivity index (χ2n) is 7.46. The van der Waals surface area contributed by atoms with Gasteiger partial charge in [-0.3, -0.25) is 9.69 Å². The average Bonchev–Trinajstić information content (AvgIpc) is 2.65. The third-order valence-electron chi connectivity index (χ3n) is 5.37. The topological polar surface area (TPSA) is 35.6 Å². The zero-order valence-corrected chi connectivity index (χ0v) is 16.2. The molecule has 0 bridgehead atoms. The van der Waals surface area contributed by atoms with Gasteiger partial charge in [0, 0.05) is 45.2 Å². The van der Waals surface area contributed by atoms with Crippen LogP contribution < -0.4 is 5.32 Å². The fourth-order valence-corrected chi connectivity index (χ4v) is 3.46. The van der Waals surface area contributed by atoms with E-state index in [2.05, 4.69) is 60.2 Å². The number of nitrogens with one attached hydrogen (secondary N) is 1. The molecule has 0 aromatic heterocycles. The molecule has 140 valence electrons. The molecule has 1 N–H and O–H groups in total. The quantitative estimate of drug-likeness (QED) is 0.747. The number of carbonyl (C=O) groups excluding carboxylic acids is 1. The van der Waals surface area contributed by atoms with E-state index in [-0.39, 0.29) is 5.91 Å². The van der Waals surface area contributed by atoms with E-state index in [0.29, 0.717) is 18.4 Å². The summed E-state index contributed by atoms with van der Waals surface area (Å²) < 4.78 is 0. The second kappa shape index (κ2) is 10.6. The Morgan fingerprint density at radius 2 is 1.80 bits per heavy atom. The summed E-state index contributed by atoms with van der Waals surface area (Å²) in [7, 11) is 0. The summed E-state index contributed by atoms with van der Waals surface area (Å²) in [5, 5.41) is 3.14. The molecule has 1 aliphatic heterocycles. The van der Waals surface area contributed by atoms with Crippen molar-refractivity contribution in [3.8, 4) is 0 Å². The first-order valence-electron chi connectivity index (χ1n) is 9.85. The van der Waals surface area contributed by atoms with Crippen LogP contribution in [-0.2, 0) is 11.2 Å². The van der Waals surface area contributed by atoms with Crippen molar-refractivity contribution < 1.29 is 4.79 Å². The number of hydrogen-bond donors (Lipinski definition) is 1. The lowest BCUT2D eigenvalue weighted by Gasteiger charge is -2.37. The first-order valence-corrected chi connectivity index (χ1v) is 9.85. The van der Waals surface area contributed by atoms with E-state index in [1.807, 2.05) is 6.07 Å². The van der Waals surface area contributed by atoms with E-state index in [4.69, 9.17) is 0 Å². The van der Waals surface area contributed by atoms with Crippen LogP contribution in [0.4, 0.5) is 0 Å². The van der Waals surface area contributed by atoms with Crippen molar-refractivity contribution in [3.63, 3.8) is 0 Å². The van der Waals surface area contributed by atoms with E-state index < -0.39 is 0 Å². The molecule has 1 fully saturated rings. The molecule has 1 aliphatic rings. The van der Waals surface area contributed by atoms with Crippen molar-refractivity contribution in [2.75, 3.05) is 39.3 Å². The smallest absolute Gasteiger partial charge is 0.220 e. The summed E-state index contributed by atoms with van der Waals surface area (Å²) in [5.41, 5.74) is 1.36. The summed E-state index contributed by atoms with van der Waals surface area (Å²) in [5.74, 6) is 0.614. The fraction of sp³-hybridized carbons (Fsp3) is 0.667. The van der Waals surface area contributed by atoms with Crippen molar-refractivity contribution >= 4 is 5.91 Å². The van der Waals surface area contributed by atoms with Gasteiger partial charge in [-0.25, -0.2) is 0 Å². The molecule has 0 radical (unpaired) electrons. The van der Waals surface area contributed by atoms with Crippen LogP contribution in [-0.4, -0.2) is 61.0 Å². The van der Waals surface area contributed by atoms with Gasteiger partial charge in [0.2, 0.25) is 5.91 Å². The number of nitrogens with zero attached hydrogens (tertiary/aromatic N) is 2. The van der Waals surface area contributed by atoms with Gasteiger partial charge < -0.3 is 10.2 Å². The number of hydrogen-bond acceptors (Lipinski definition) is 3. The monoisotopic (exact) mass is 345 g/mol. The largest absolute Gasteiger partial charge is 0.355 e. The molecule has 25 heavy (non-hydrogen) atoms. The van der Waals surface area contributed by atoms with Crippen molar-refractivity contribution in [1.29, 1.82) is 0 Å². The van der Waals surface area contributed by atoms with Crippen LogP contribution in [0.25, 0.3) is 0 Å². The minimum absolute atomic E-state index is 0.194. The molecular formula is C21H35N3O. The summed E-state index contributed by atoms with van der Waals surface area (Å²) in [6.45, 7) is 13.0. The van der Waals surface area contributed by atoms with Gasteiger partial charge in [-0.15, -0.1) is 0 Å². The molecule has 0 saturated carbocycles. The van der Waals surface area contributed by atoms with Crippen LogP contribution >= 0.6 is 0 Å². The third kappa shape index (κ3) is 7.17. The lowest BCUT2D eigenvalue weighted by atomic mass is 9.98. The first-order chi connectivity index (χ1) is 12.1. The molecular weight excluding hydrogens is 310 g/mol. The molecule has 4 heteroatoms. The second-order valence-corrected chi connectivity index (χ2v) is 7.46. The van der Waals surface area contributed by atoms with Crippen LogP contribution in [0.15, 0.2) is 30.3 Å². The molecule has 2 atom stereocenters. The van der Waals surface area contributed by atoms with Crippen molar-refractivity contribution in [1.82, 2.24) is 15.1 Å². The zero-order valence-electron chi connectivity index (χ0n) is 16.2. The Morgan fingerprint density at radius 3 is 2.44 bits per heavy atom. The van der Waals surface area contributed by atoms with Crippen LogP contribution in [0.2, 0.25) is 0 Å². The van der Waals surface area contributed by atoms with Crippen molar-refractivity contribution in [3.05, 3.63) is 35.9 Å². The SMILES string of the molecule is CCN1CCN([C@@H](C)CNC(=O)C[C@H](C)CCc2ccccc2)CC1. The van der Waals surface area contributed by atoms with Gasteiger partial charge in [0.05, 0.1) is 0 Å². The molecule has 1 saturated heterocycles. The van der Waals surface area contributed by atoms with Crippen LogP contribution in [0.5, 0.6) is 0 Å². The highest BCUT2D eigenvalue weighted by Gasteiger charge is 2.20. The maximum absolute atomic E-state index is 12.2. The number of benzene rings is 1. The molecule has 2 rings (SSSR count). The van der Waals surface area contributed by atoms with E-state index in [9.17, 15) is 4.79 Å². The van der Waals surface area contributed by atoms with Gasteiger partial charge in [-0.1, -0.05) is 44.2 Å². The van der Waals surface area contributed by atoms with Crippen LogP contribution in [0, 0.1) is 5.92 Å².